The number of hydrogen-bond acceptors (Lipinski definition) is 4. The van der Waals surface area contributed by atoms with E-state index in [0.29, 0.717) is 10.6 Å². The van der Waals surface area contributed by atoms with Crippen LogP contribution in [0.1, 0.15) is 39.0 Å². The lowest BCUT2D eigenvalue weighted by atomic mass is 9.87. The highest BCUT2D eigenvalue weighted by Crippen LogP contribution is 2.39. The van der Waals surface area contributed by atoms with Gasteiger partial charge in [-0.15, -0.1) is 5.10 Å². The minimum Gasteiger partial charge on any atom is -0.398 e. The highest BCUT2D eigenvalue weighted by molar-refractivity contribution is 6.54. The van der Waals surface area contributed by atoms with Gasteiger partial charge in [0.2, 0.25) is 0 Å². The zero-order chi connectivity index (χ0) is 19.1. The van der Waals surface area contributed by atoms with Gasteiger partial charge >= 0.3 is 7.12 Å². The lowest BCUT2D eigenvalue weighted by molar-refractivity contribution is 0.00578. The summed E-state index contributed by atoms with van der Waals surface area (Å²) >= 11 is 6.00. The normalized spacial score (nSPS) is 19.2. The van der Waals surface area contributed by atoms with E-state index < -0.39 is 29.9 Å². The molecule has 9 heteroatoms. The average molecular weight is 382 g/mol. The monoisotopic (exact) mass is 381 g/mol. The van der Waals surface area contributed by atoms with E-state index >= 15 is 0 Å². The van der Waals surface area contributed by atoms with Gasteiger partial charge in [-0.25, -0.2) is 13.5 Å². The third-order valence-corrected chi connectivity index (χ3v) is 5.06. The Balaban J connectivity index is 1.75. The number of aromatic nitrogens is 3. The molecule has 1 aromatic carbocycles. The van der Waals surface area contributed by atoms with Crippen LogP contribution in [0.15, 0.2) is 30.1 Å². The molecule has 3 rings (SSSR count). The maximum absolute atomic E-state index is 14.5. The van der Waals surface area contributed by atoms with Gasteiger partial charge in [-0.3, -0.25) is 0 Å². The van der Waals surface area contributed by atoms with Crippen LogP contribution in [0.5, 0.6) is 0 Å². The molecule has 138 valence electrons. The number of benzene rings is 1. The van der Waals surface area contributed by atoms with Gasteiger partial charge in [0.15, 0.2) is 0 Å². The predicted molar refractivity (Wildman–Crippen MR) is 95.7 cm³/mol. The van der Waals surface area contributed by atoms with E-state index in [4.69, 9.17) is 20.9 Å². The Morgan fingerprint density at radius 1 is 1.27 bits per heavy atom. The molecule has 1 aliphatic rings. The standard InChI is InChI=1S/C17H19BClF2N3O2/c1-16(2)17(3,4)26-18(25-16)15(21)8-11-9-24(23-22-11)10-12-13(19)6-5-7-14(12)20/h5-9H,10H2,1-4H3. The maximum atomic E-state index is 14.5. The molecule has 1 aliphatic heterocycles. The fourth-order valence-electron chi connectivity index (χ4n) is 2.47. The number of nitrogens with zero attached hydrogens (tertiary/aromatic N) is 3. The Bertz CT molecular complexity index is 818. The summed E-state index contributed by atoms with van der Waals surface area (Å²) in [5, 5.41) is 8.05. The molecule has 26 heavy (non-hydrogen) atoms. The summed E-state index contributed by atoms with van der Waals surface area (Å²) in [6, 6.07) is 4.43. The molecule has 5 nitrogen and oxygen atoms in total. The zero-order valence-electron chi connectivity index (χ0n) is 15.0. The molecule has 0 amide bonds. The molecular formula is C17H19BClF2N3O2. The van der Waals surface area contributed by atoms with E-state index in [1.165, 1.54) is 29.1 Å². The lowest BCUT2D eigenvalue weighted by Crippen LogP contribution is -2.41. The SMILES string of the molecule is CC1(C)OB(C(F)=Cc2cn(Cc3c(F)cccc3Cl)nn2)OC1(C)C. The molecule has 0 aliphatic carbocycles. The summed E-state index contributed by atoms with van der Waals surface area (Å²) in [5.74, 6) is -0.437. The minimum absolute atomic E-state index is 0.0878. The van der Waals surface area contributed by atoms with Crippen LogP contribution in [0.4, 0.5) is 8.78 Å². The first-order valence-electron chi connectivity index (χ1n) is 8.15. The van der Waals surface area contributed by atoms with Crippen LogP contribution in [0, 0.1) is 5.82 Å². The van der Waals surface area contributed by atoms with Crippen LogP contribution in [-0.2, 0) is 15.9 Å². The van der Waals surface area contributed by atoms with Crippen LogP contribution in [0.3, 0.4) is 0 Å². The third kappa shape index (κ3) is 3.67. The van der Waals surface area contributed by atoms with Crippen LogP contribution < -0.4 is 0 Å². The fraction of sp³-hybridized carbons (Fsp3) is 0.412. The van der Waals surface area contributed by atoms with E-state index in [1.54, 1.807) is 6.07 Å². The van der Waals surface area contributed by atoms with E-state index in [1.807, 2.05) is 27.7 Å². The predicted octanol–water partition coefficient (Wildman–Crippen LogP) is 4.06. The van der Waals surface area contributed by atoms with Gasteiger partial charge in [0.1, 0.15) is 17.2 Å². The van der Waals surface area contributed by atoms with Crippen LogP contribution in [0.2, 0.25) is 5.02 Å². The van der Waals surface area contributed by atoms with Gasteiger partial charge < -0.3 is 9.31 Å². The molecule has 0 radical (unpaired) electrons. The zero-order valence-corrected chi connectivity index (χ0v) is 15.7. The third-order valence-electron chi connectivity index (χ3n) is 4.70. The molecule has 0 N–H and O–H groups in total. The van der Waals surface area contributed by atoms with Gasteiger partial charge in [0.25, 0.3) is 0 Å². The summed E-state index contributed by atoms with van der Waals surface area (Å²) in [6.45, 7) is 7.46. The molecule has 1 saturated heterocycles. The van der Waals surface area contributed by atoms with Crippen molar-refractivity contribution in [2.24, 2.45) is 0 Å². The van der Waals surface area contributed by atoms with E-state index in [0.717, 1.165) is 0 Å². The molecule has 1 fully saturated rings. The van der Waals surface area contributed by atoms with Gasteiger partial charge in [0, 0.05) is 10.6 Å². The Kier molecular flexibility index (Phi) is 4.94. The smallest absolute Gasteiger partial charge is 0.398 e. The van der Waals surface area contributed by atoms with Crippen LogP contribution in [0.25, 0.3) is 6.08 Å². The van der Waals surface area contributed by atoms with Crippen molar-refractivity contribution >= 4 is 24.8 Å². The van der Waals surface area contributed by atoms with Gasteiger partial charge in [0.05, 0.1) is 23.9 Å². The summed E-state index contributed by atoms with van der Waals surface area (Å²) in [6.07, 6.45) is 2.68. The van der Waals surface area contributed by atoms with Crippen molar-refractivity contribution in [3.63, 3.8) is 0 Å². The molecule has 0 unspecified atom stereocenters. The van der Waals surface area contributed by atoms with E-state index in [9.17, 15) is 8.78 Å². The maximum Gasteiger partial charge on any atom is 0.525 e. The molecule has 2 heterocycles. The Morgan fingerprint density at radius 2 is 1.92 bits per heavy atom. The topological polar surface area (TPSA) is 49.2 Å². The van der Waals surface area contributed by atoms with Crippen LogP contribution >= 0.6 is 11.6 Å². The quantitative estimate of drug-likeness (QED) is 0.749. The highest BCUT2D eigenvalue weighted by atomic mass is 35.5. The first-order chi connectivity index (χ1) is 12.1. The van der Waals surface area contributed by atoms with Crippen molar-refractivity contribution in [2.45, 2.75) is 45.4 Å². The molecule has 0 saturated carbocycles. The number of halogens is 3. The van der Waals surface area contributed by atoms with Crippen molar-refractivity contribution in [1.29, 1.82) is 0 Å². The Morgan fingerprint density at radius 3 is 2.54 bits per heavy atom. The number of hydrogen-bond donors (Lipinski definition) is 0. The van der Waals surface area contributed by atoms with Crippen molar-refractivity contribution in [3.8, 4) is 0 Å². The molecule has 0 atom stereocenters. The second kappa shape index (κ2) is 6.76. The molecule has 0 bridgehead atoms. The van der Waals surface area contributed by atoms with Gasteiger partial charge in [-0.2, -0.15) is 0 Å². The van der Waals surface area contributed by atoms with Gasteiger partial charge in [-0.1, -0.05) is 22.9 Å². The van der Waals surface area contributed by atoms with Gasteiger partial charge in [-0.05, 0) is 45.9 Å². The first kappa shape index (κ1) is 19.0. The van der Waals surface area contributed by atoms with E-state index in [2.05, 4.69) is 10.3 Å². The Labute approximate surface area is 156 Å². The minimum atomic E-state index is -1.11. The van der Waals surface area contributed by atoms with Crippen molar-refractivity contribution in [2.75, 3.05) is 0 Å². The van der Waals surface area contributed by atoms with Crippen molar-refractivity contribution < 1.29 is 18.1 Å². The summed E-state index contributed by atoms with van der Waals surface area (Å²) in [5.41, 5.74) is -1.32. The van der Waals surface area contributed by atoms with Crippen molar-refractivity contribution in [3.05, 3.63) is 52.2 Å². The fourth-order valence-corrected chi connectivity index (χ4v) is 2.69. The average Bonchev–Trinajstić information content (AvgIpc) is 3.05. The summed E-state index contributed by atoms with van der Waals surface area (Å²) < 4.78 is 41.0. The molecule has 1 aromatic heterocycles. The molecular weight excluding hydrogens is 362 g/mol. The molecule has 0 spiro atoms. The number of rotatable bonds is 4. The highest BCUT2D eigenvalue weighted by Gasteiger charge is 2.53. The Hall–Kier alpha value is -1.77. The van der Waals surface area contributed by atoms with Crippen LogP contribution in [-0.4, -0.2) is 33.3 Å². The first-order valence-corrected chi connectivity index (χ1v) is 8.52. The summed E-state index contributed by atoms with van der Waals surface area (Å²) in [4.78, 5) is 0. The second-order valence-corrected chi connectivity index (χ2v) is 7.57. The molecule has 2 aromatic rings. The summed E-state index contributed by atoms with van der Waals surface area (Å²) in [7, 11) is -1.11. The van der Waals surface area contributed by atoms with Crippen molar-refractivity contribution in [1.82, 2.24) is 15.0 Å². The lowest BCUT2D eigenvalue weighted by Gasteiger charge is -2.32. The van der Waals surface area contributed by atoms with E-state index in [-0.39, 0.29) is 12.2 Å². The second-order valence-electron chi connectivity index (χ2n) is 7.16. The largest absolute Gasteiger partial charge is 0.525 e.